The molecule has 1 amide bonds. The highest BCUT2D eigenvalue weighted by Crippen LogP contribution is 2.18. The van der Waals surface area contributed by atoms with Crippen molar-refractivity contribution in [2.24, 2.45) is 0 Å². The number of ether oxygens (including phenoxy) is 1. The highest BCUT2D eigenvalue weighted by atomic mass is 19.1. The Labute approximate surface area is 140 Å². The van der Waals surface area contributed by atoms with E-state index in [0.717, 1.165) is 0 Å². The van der Waals surface area contributed by atoms with Crippen LogP contribution >= 0.6 is 0 Å². The fourth-order valence-corrected chi connectivity index (χ4v) is 2.15. The molecule has 0 spiro atoms. The average molecular weight is 329 g/mol. The molecule has 5 heteroatoms. The maximum Gasteiger partial charge on any atom is 0.223 e. The fourth-order valence-electron chi connectivity index (χ4n) is 2.15. The molecule has 0 aliphatic heterocycles. The van der Waals surface area contributed by atoms with Crippen molar-refractivity contribution in [2.45, 2.75) is 12.5 Å². The summed E-state index contributed by atoms with van der Waals surface area (Å²) in [6.07, 6.45) is 2.44. The molecule has 1 atom stereocenters. The quantitative estimate of drug-likeness (QED) is 0.821. The number of aliphatic hydroxyl groups is 1. The lowest BCUT2D eigenvalue weighted by Gasteiger charge is -2.12. The van der Waals surface area contributed by atoms with E-state index in [2.05, 4.69) is 5.32 Å². The molecule has 0 aliphatic carbocycles. The van der Waals surface area contributed by atoms with Crippen LogP contribution in [0.4, 0.5) is 4.39 Å². The van der Waals surface area contributed by atoms with Crippen molar-refractivity contribution in [3.05, 3.63) is 71.6 Å². The van der Waals surface area contributed by atoms with E-state index >= 15 is 0 Å². The van der Waals surface area contributed by atoms with Gasteiger partial charge < -0.3 is 15.2 Å². The van der Waals surface area contributed by atoms with Gasteiger partial charge in [-0.15, -0.1) is 0 Å². The molecule has 24 heavy (non-hydrogen) atoms. The van der Waals surface area contributed by atoms with E-state index in [4.69, 9.17) is 4.74 Å². The molecule has 0 aliphatic rings. The van der Waals surface area contributed by atoms with Crippen LogP contribution in [0.15, 0.2) is 54.6 Å². The number of hydrogen-bond acceptors (Lipinski definition) is 3. The number of methoxy groups -OCH3 is 1. The zero-order chi connectivity index (χ0) is 17.4. The van der Waals surface area contributed by atoms with Crippen molar-refractivity contribution in [1.29, 1.82) is 0 Å². The molecule has 2 aromatic carbocycles. The SMILES string of the molecule is COc1cccc(C(O)CNC(=O)C/C=C/c2ccccc2F)c1. The van der Waals surface area contributed by atoms with Crippen molar-refractivity contribution in [1.82, 2.24) is 5.32 Å². The summed E-state index contributed by atoms with van der Waals surface area (Å²) in [7, 11) is 1.55. The van der Waals surface area contributed by atoms with Gasteiger partial charge in [0.15, 0.2) is 0 Å². The summed E-state index contributed by atoms with van der Waals surface area (Å²) < 4.78 is 18.5. The molecule has 0 fully saturated rings. The first-order chi connectivity index (χ1) is 11.6. The van der Waals surface area contributed by atoms with E-state index in [-0.39, 0.29) is 24.7 Å². The zero-order valence-electron chi connectivity index (χ0n) is 13.4. The van der Waals surface area contributed by atoms with Crippen molar-refractivity contribution < 1.29 is 19.0 Å². The normalized spacial score (nSPS) is 12.1. The highest BCUT2D eigenvalue weighted by Gasteiger charge is 2.09. The van der Waals surface area contributed by atoms with Gasteiger partial charge in [0.1, 0.15) is 11.6 Å². The molecular formula is C19H20FNO3. The second kappa shape index (κ2) is 8.84. The third-order valence-corrected chi connectivity index (χ3v) is 3.48. The van der Waals surface area contributed by atoms with Gasteiger partial charge in [-0.25, -0.2) is 4.39 Å². The van der Waals surface area contributed by atoms with Crippen LogP contribution in [0.5, 0.6) is 5.75 Å². The van der Waals surface area contributed by atoms with Crippen LogP contribution in [0.2, 0.25) is 0 Å². The monoisotopic (exact) mass is 329 g/mol. The summed E-state index contributed by atoms with van der Waals surface area (Å²) >= 11 is 0. The third-order valence-electron chi connectivity index (χ3n) is 3.48. The maximum absolute atomic E-state index is 13.4. The number of nitrogens with one attached hydrogen (secondary N) is 1. The lowest BCUT2D eigenvalue weighted by molar-refractivity contribution is -0.120. The van der Waals surface area contributed by atoms with Crippen LogP contribution in [0, 0.1) is 5.82 Å². The number of benzene rings is 2. The molecule has 0 saturated carbocycles. The van der Waals surface area contributed by atoms with Crippen LogP contribution < -0.4 is 10.1 Å². The average Bonchev–Trinajstić information content (AvgIpc) is 2.61. The Morgan fingerprint density at radius 1 is 1.29 bits per heavy atom. The molecule has 0 heterocycles. The zero-order valence-corrected chi connectivity index (χ0v) is 13.4. The summed E-state index contributed by atoms with van der Waals surface area (Å²) in [6, 6.07) is 13.4. The first-order valence-electron chi connectivity index (χ1n) is 7.60. The molecule has 126 valence electrons. The van der Waals surface area contributed by atoms with Crippen molar-refractivity contribution in [3.63, 3.8) is 0 Å². The van der Waals surface area contributed by atoms with Gasteiger partial charge in [0.2, 0.25) is 5.91 Å². The van der Waals surface area contributed by atoms with E-state index in [1.807, 2.05) is 0 Å². The maximum atomic E-state index is 13.4. The summed E-state index contributed by atoms with van der Waals surface area (Å²) in [4.78, 5) is 11.8. The summed E-state index contributed by atoms with van der Waals surface area (Å²) in [5, 5.41) is 12.7. The van der Waals surface area contributed by atoms with Crippen LogP contribution in [0.1, 0.15) is 23.7 Å². The standard InChI is InChI=1S/C19H20FNO3/c1-24-16-9-4-8-15(12-16)18(22)13-21-19(23)11-5-7-14-6-2-3-10-17(14)20/h2-10,12,18,22H,11,13H2,1H3,(H,21,23)/b7-5+. The van der Waals surface area contributed by atoms with E-state index < -0.39 is 6.10 Å². The number of carbonyl (C=O) groups excluding carboxylic acids is 1. The molecule has 2 rings (SSSR count). The van der Waals surface area contributed by atoms with E-state index in [1.165, 1.54) is 6.07 Å². The first kappa shape index (κ1) is 17.7. The summed E-state index contributed by atoms with van der Waals surface area (Å²) in [6.45, 7) is 0.0968. The van der Waals surface area contributed by atoms with E-state index in [0.29, 0.717) is 16.9 Å². The van der Waals surface area contributed by atoms with Crippen molar-refractivity contribution in [3.8, 4) is 5.75 Å². The fraction of sp³-hybridized carbons (Fsp3) is 0.211. The largest absolute Gasteiger partial charge is 0.497 e. The topological polar surface area (TPSA) is 58.6 Å². The molecule has 0 aromatic heterocycles. The molecule has 0 bridgehead atoms. The van der Waals surface area contributed by atoms with Gasteiger partial charge in [-0.3, -0.25) is 4.79 Å². The summed E-state index contributed by atoms with van der Waals surface area (Å²) in [5.74, 6) is 0.0674. The van der Waals surface area contributed by atoms with Gasteiger partial charge in [0, 0.05) is 18.5 Å². The Kier molecular flexibility index (Phi) is 6.51. The van der Waals surface area contributed by atoms with Crippen LogP contribution in [-0.2, 0) is 4.79 Å². The first-order valence-corrected chi connectivity index (χ1v) is 7.60. The molecule has 0 radical (unpaired) electrons. The van der Waals surface area contributed by atoms with Gasteiger partial charge in [0.25, 0.3) is 0 Å². The van der Waals surface area contributed by atoms with Crippen molar-refractivity contribution in [2.75, 3.05) is 13.7 Å². The summed E-state index contributed by atoms with van der Waals surface area (Å²) in [5.41, 5.74) is 1.10. The minimum absolute atomic E-state index is 0.0968. The van der Waals surface area contributed by atoms with Crippen LogP contribution in [0.3, 0.4) is 0 Å². The number of carbonyl (C=O) groups is 1. The minimum atomic E-state index is -0.820. The molecule has 4 nitrogen and oxygen atoms in total. The van der Waals surface area contributed by atoms with Gasteiger partial charge in [-0.1, -0.05) is 42.5 Å². The predicted octanol–water partition coefficient (Wildman–Crippen LogP) is 3.09. The number of aliphatic hydroxyl groups excluding tert-OH is 1. The molecule has 0 saturated heterocycles. The lowest BCUT2D eigenvalue weighted by atomic mass is 10.1. The number of amides is 1. The van der Waals surface area contributed by atoms with Crippen LogP contribution in [0.25, 0.3) is 6.08 Å². The van der Waals surface area contributed by atoms with Crippen molar-refractivity contribution >= 4 is 12.0 Å². The molecule has 1 unspecified atom stereocenters. The van der Waals surface area contributed by atoms with Gasteiger partial charge in [-0.05, 0) is 23.8 Å². The Hall–Kier alpha value is -2.66. The number of hydrogen-bond donors (Lipinski definition) is 2. The molecular weight excluding hydrogens is 309 g/mol. The smallest absolute Gasteiger partial charge is 0.223 e. The Morgan fingerprint density at radius 2 is 2.08 bits per heavy atom. The number of halogens is 1. The second-order valence-electron chi connectivity index (χ2n) is 5.22. The highest BCUT2D eigenvalue weighted by molar-refractivity contribution is 5.78. The predicted molar refractivity (Wildman–Crippen MR) is 91.0 cm³/mol. The third kappa shape index (κ3) is 5.21. The second-order valence-corrected chi connectivity index (χ2v) is 5.22. The minimum Gasteiger partial charge on any atom is -0.497 e. The molecule has 2 aromatic rings. The number of rotatable bonds is 7. The Morgan fingerprint density at radius 3 is 2.83 bits per heavy atom. The van der Waals surface area contributed by atoms with Gasteiger partial charge in [0.05, 0.1) is 13.2 Å². The van der Waals surface area contributed by atoms with Gasteiger partial charge in [-0.2, -0.15) is 0 Å². The molecule has 2 N–H and O–H groups in total. The Balaban J connectivity index is 1.81. The Bertz CT molecular complexity index is 715. The lowest BCUT2D eigenvalue weighted by Crippen LogP contribution is -2.27. The van der Waals surface area contributed by atoms with Crippen LogP contribution in [-0.4, -0.2) is 24.7 Å². The van der Waals surface area contributed by atoms with E-state index in [9.17, 15) is 14.3 Å². The van der Waals surface area contributed by atoms with Gasteiger partial charge >= 0.3 is 0 Å². The van der Waals surface area contributed by atoms with E-state index in [1.54, 1.807) is 61.7 Å².